The maximum atomic E-state index is 11.1. The van der Waals surface area contributed by atoms with Gasteiger partial charge in [0.2, 0.25) is 0 Å². The normalized spacial score (nSPS) is 24.2. The maximum absolute atomic E-state index is 11.1. The van der Waals surface area contributed by atoms with E-state index in [-0.39, 0.29) is 16.7 Å². The van der Waals surface area contributed by atoms with Crippen LogP contribution in [-0.4, -0.2) is 4.92 Å². The lowest BCUT2D eigenvalue weighted by atomic mass is 9.76. The van der Waals surface area contributed by atoms with Gasteiger partial charge < -0.3 is 5.32 Å². The second kappa shape index (κ2) is 5.88. The number of halogens is 1. The third kappa shape index (κ3) is 2.51. The lowest BCUT2D eigenvalue weighted by molar-refractivity contribution is -0.384. The van der Waals surface area contributed by atoms with Crippen LogP contribution in [0.5, 0.6) is 0 Å². The molecule has 1 N–H and O–H groups in total. The van der Waals surface area contributed by atoms with Gasteiger partial charge in [-0.05, 0) is 70.7 Å². The van der Waals surface area contributed by atoms with Crippen LogP contribution in [0, 0.1) is 26.5 Å². The number of nitrogens with zero attached hydrogens (tertiary/aromatic N) is 1. The average Bonchev–Trinajstić information content (AvgIpc) is 3.04. The Balaban J connectivity index is 1.81. The van der Waals surface area contributed by atoms with Crippen LogP contribution in [0.1, 0.15) is 35.1 Å². The number of rotatable bonds is 2. The van der Waals surface area contributed by atoms with Crippen LogP contribution in [0.3, 0.4) is 0 Å². The Morgan fingerprint density at radius 1 is 1.29 bits per heavy atom. The maximum Gasteiger partial charge on any atom is 0.269 e. The van der Waals surface area contributed by atoms with E-state index in [0.717, 1.165) is 12.0 Å². The number of anilines is 1. The molecule has 0 aromatic heterocycles. The van der Waals surface area contributed by atoms with Gasteiger partial charge in [0.15, 0.2) is 0 Å². The summed E-state index contributed by atoms with van der Waals surface area (Å²) in [6.45, 7) is 2.12. The predicted octanol–water partition coefficient (Wildman–Crippen LogP) is 5.33. The first-order valence-electron chi connectivity index (χ1n) is 8.02. The monoisotopic (exact) mass is 432 g/mol. The van der Waals surface area contributed by atoms with E-state index in [2.05, 4.69) is 59.1 Å². The van der Waals surface area contributed by atoms with Crippen LogP contribution < -0.4 is 5.32 Å². The van der Waals surface area contributed by atoms with Crippen molar-refractivity contribution in [1.82, 2.24) is 0 Å². The summed E-state index contributed by atoms with van der Waals surface area (Å²) < 4.78 is 1.25. The quantitative estimate of drug-likeness (QED) is 0.302. The van der Waals surface area contributed by atoms with Crippen LogP contribution in [0.4, 0.5) is 11.4 Å². The summed E-state index contributed by atoms with van der Waals surface area (Å²) in [4.78, 5) is 10.8. The summed E-state index contributed by atoms with van der Waals surface area (Å²) >= 11 is 2.37. The van der Waals surface area contributed by atoms with Gasteiger partial charge in [0.05, 0.1) is 11.0 Å². The van der Waals surface area contributed by atoms with Gasteiger partial charge in [0, 0.05) is 27.3 Å². The fourth-order valence-corrected chi connectivity index (χ4v) is 4.81. The Bertz CT molecular complexity index is 862. The molecule has 5 heteroatoms. The number of hydrogen-bond acceptors (Lipinski definition) is 3. The fraction of sp³-hybridized carbons (Fsp3) is 0.263. The molecule has 4 nitrogen and oxygen atoms in total. The Hall–Kier alpha value is -1.89. The number of nitro benzene ring substituents is 1. The molecule has 0 saturated heterocycles. The van der Waals surface area contributed by atoms with E-state index < -0.39 is 0 Å². The van der Waals surface area contributed by atoms with Crippen molar-refractivity contribution in [1.29, 1.82) is 0 Å². The van der Waals surface area contributed by atoms with Crippen molar-refractivity contribution in [2.24, 2.45) is 5.92 Å². The standard InChI is InChI=1S/C19H17IN2O2/c1-11-8-13(20)10-17-15-6-3-7-16(15)19(21-18(11)17)12-4-2-5-14(9-12)22(23)24/h2-6,8-10,15-16,19,21H,7H2,1H3/t15-,16-,19+/m1/s1. The van der Waals surface area contributed by atoms with Gasteiger partial charge in [-0.3, -0.25) is 10.1 Å². The lowest BCUT2D eigenvalue weighted by Gasteiger charge is -2.38. The molecule has 0 bridgehead atoms. The van der Waals surface area contributed by atoms with Crippen LogP contribution in [0.2, 0.25) is 0 Å². The van der Waals surface area contributed by atoms with E-state index >= 15 is 0 Å². The first-order chi connectivity index (χ1) is 11.5. The Kier molecular flexibility index (Phi) is 3.83. The molecule has 122 valence electrons. The van der Waals surface area contributed by atoms with Crippen molar-refractivity contribution >= 4 is 34.0 Å². The van der Waals surface area contributed by atoms with Crippen molar-refractivity contribution in [2.45, 2.75) is 25.3 Å². The van der Waals surface area contributed by atoms with Crippen molar-refractivity contribution in [3.05, 3.63) is 78.9 Å². The van der Waals surface area contributed by atoms with Crippen LogP contribution in [-0.2, 0) is 0 Å². The zero-order valence-corrected chi connectivity index (χ0v) is 15.4. The molecule has 2 aromatic carbocycles. The number of aryl methyl sites for hydroxylation is 1. The highest BCUT2D eigenvalue weighted by Gasteiger charge is 2.38. The third-order valence-electron chi connectivity index (χ3n) is 5.07. The molecule has 0 fully saturated rings. The number of benzene rings is 2. The Labute approximate surface area is 154 Å². The zero-order valence-electron chi connectivity index (χ0n) is 13.2. The molecular formula is C19H17IN2O2. The minimum absolute atomic E-state index is 0.0937. The van der Waals surface area contributed by atoms with E-state index in [4.69, 9.17) is 0 Å². The molecule has 0 saturated carbocycles. The molecule has 1 heterocycles. The molecule has 24 heavy (non-hydrogen) atoms. The van der Waals surface area contributed by atoms with E-state index in [1.165, 1.54) is 20.4 Å². The highest BCUT2D eigenvalue weighted by Crippen LogP contribution is 2.51. The molecule has 4 rings (SSSR count). The van der Waals surface area contributed by atoms with Gasteiger partial charge >= 0.3 is 0 Å². The highest BCUT2D eigenvalue weighted by atomic mass is 127. The zero-order chi connectivity index (χ0) is 16.8. The number of fused-ring (bicyclic) bond motifs is 3. The summed E-state index contributed by atoms with van der Waals surface area (Å²) in [7, 11) is 0. The average molecular weight is 432 g/mol. The smallest absolute Gasteiger partial charge is 0.269 e. The molecule has 2 aromatic rings. The molecular weight excluding hydrogens is 415 g/mol. The molecule has 0 unspecified atom stereocenters. The fourth-order valence-electron chi connectivity index (χ4n) is 4.00. The SMILES string of the molecule is Cc1cc(I)cc2c1N[C@@H](c1cccc([N+](=O)[O-])c1)[C@@H]1CC=C[C@@H]21. The van der Waals surface area contributed by atoms with Gasteiger partial charge in [0.1, 0.15) is 0 Å². The summed E-state index contributed by atoms with van der Waals surface area (Å²) in [6.07, 6.45) is 5.53. The minimum Gasteiger partial charge on any atom is -0.377 e. The van der Waals surface area contributed by atoms with E-state index in [0.29, 0.717) is 11.8 Å². The van der Waals surface area contributed by atoms with Gasteiger partial charge in [-0.1, -0.05) is 24.3 Å². The topological polar surface area (TPSA) is 55.2 Å². The van der Waals surface area contributed by atoms with E-state index in [1.807, 2.05) is 6.07 Å². The Morgan fingerprint density at radius 3 is 2.92 bits per heavy atom. The van der Waals surface area contributed by atoms with Crippen LogP contribution in [0.25, 0.3) is 0 Å². The number of nitro groups is 1. The number of non-ortho nitro benzene ring substituents is 1. The highest BCUT2D eigenvalue weighted by molar-refractivity contribution is 14.1. The van der Waals surface area contributed by atoms with Crippen molar-refractivity contribution in [2.75, 3.05) is 5.32 Å². The molecule has 0 amide bonds. The lowest BCUT2D eigenvalue weighted by Crippen LogP contribution is -2.29. The van der Waals surface area contributed by atoms with E-state index in [9.17, 15) is 10.1 Å². The summed E-state index contributed by atoms with van der Waals surface area (Å²) in [6, 6.07) is 11.6. The molecule has 0 spiro atoms. The first kappa shape index (κ1) is 15.6. The molecule has 3 atom stereocenters. The number of allylic oxidation sites excluding steroid dienone is 2. The largest absolute Gasteiger partial charge is 0.377 e. The molecule has 0 radical (unpaired) electrons. The van der Waals surface area contributed by atoms with Crippen molar-refractivity contribution in [3.8, 4) is 0 Å². The third-order valence-corrected chi connectivity index (χ3v) is 5.69. The number of nitrogens with one attached hydrogen (secondary N) is 1. The molecule has 2 aliphatic rings. The van der Waals surface area contributed by atoms with Gasteiger partial charge in [-0.25, -0.2) is 0 Å². The van der Waals surface area contributed by atoms with Gasteiger partial charge in [0.25, 0.3) is 5.69 Å². The summed E-state index contributed by atoms with van der Waals surface area (Å²) in [5.74, 6) is 0.774. The Morgan fingerprint density at radius 2 is 2.12 bits per heavy atom. The van der Waals surface area contributed by atoms with E-state index in [1.54, 1.807) is 18.2 Å². The van der Waals surface area contributed by atoms with Crippen molar-refractivity contribution < 1.29 is 4.92 Å². The molecule has 1 aliphatic heterocycles. The second-order valence-electron chi connectivity index (χ2n) is 6.51. The van der Waals surface area contributed by atoms with Crippen LogP contribution in [0.15, 0.2) is 48.6 Å². The number of hydrogen-bond donors (Lipinski definition) is 1. The molecule has 1 aliphatic carbocycles. The van der Waals surface area contributed by atoms with Crippen LogP contribution >= 0.6 is 22.6 Å². The first-order valence-corrected chi connectivity index (χ1v) is 9.10. The summed E-state index contributed by atoms with van der Waals surface area (Å²) in [5, 5.41) is 14.8. The second-order valence-corrected chi connectivity index (χ2v) is 7.76. The summed E-state index contributed by atoms with van der Waals surface area (Å²) in [5.41, 5.74) is 4.90. The minimum atomic E-state index is -0.321. The van der Waals surface area contributed by atoms with Gasteiger partial charge in [-0.2, -0.15) is 0 Å². The van der Waals surface area contributed by atoms with Gasteiger partial charge in [-0.15, -0.1) is 0 Å². The van der Waals surface area contributed by atoms with Crippen molar-refractivity contribution in [3.63, 3.8) is 0 Å². The predicted molar refractivity (Wildman–Crippen MR) is 103 cm³/mol.